The minimum Gasteiger partial charge on any atom is -0.350 e. The quantitative estimate of drug-likeness (QED) is 0.596. The fraction of sp³-hybridized carbons (Fsp3) is 0.118. The summed E-state index contributed by atoms with van der Waals surface area (Å²) in [5.74, 6) is -0.0855. The van der Waals surface area contributed by atoms with Gasteiger partial charge in [0.05, 0.1) is 21.8 Å². The zero-order valence-electron chi connectivity index (χ0n) is 12.6. The van der Waals surface area contributed by atoms with Crippen molar-refractivity contribution in [1.29, 1.82) is 0 Å². The van der Waals surface area contributed by atoms with Crippen molar-refractivity contribution in [3.05, 3.63) is 70.1 Å². The van der Waals surface area contributed by atoms with E-state index in [2.05, 4.69) is 26.8 Å². The van der Waals surface area contributed by atoms with Crippen LogP contribution in [-0.4, -0.2) is 27.2 Å². The normalized spacial score (nSPS) is 12.3. The van der Waals surface area contributed by atoms with Gasteiger partial charge in [-0.25, -0.2) is 4.98 Å². The minimum absolute atomic E-state index is 0.0117. The Morgan fingerprint density at radius 1 is 1.33 bits per heavy atom. The van der Waals surface area contributed by atoms with Gasteiger partial charge in [0.2, 0.25) is 0 Å². The summed E-state index contributed by atoms with van der Waals surface area (Å²) in [5.41, 5.74) is 4.50. The van der Waals surface area contributed by atoms with E-state index in [1.807, 2.05) is 40.5 Å². The number of aromatic nitrogens is 3. The molecular weight excluding hydrogens is 340 g/mol. The molecule has 0 unspecified atom stereocenters. The molecule has 1 aromatic carbocycles. The molecule has 4 rings (SSSR count). The van der Waals surface area contributed by atoms with Gasteiger partial charge < -0.3 is 5.32 Å². The molecule has 0 saturated carbocycles. The predicted octanol–water partition coefficient (Wildman–Crippen LogP) is 3.57. The zero-order valence-corrected chi connectivity index (χ0v) is 14.3. The molecule has 0 aliphatic carbocycles. The lowest BCUT2D eigenvalue weighted by atomic mass is 10.1. The number of amides is 1. The van der Waals surface area contributed by atoms with Crippen LogP contribution in [-0.2, 0) is 0 Å². The number of hydrogen-bond acceptors (Lipinski definition) is 5. The molecule has 1 amide bonds. The van der Waals surface area contributed by atoms with Crippen molar-refractivity contribution >= 4 is 38.8 Å². The standard InChI is InChI=1S/C17H14N4OS2/c22-17(12-2-3-14-16(8-12)24-11-19-14)18-9-15(13-4-7-23-10-13)21-6-1-5-20-21/h1-8,10-11,15H,9H2,(H,18,22)/t15-/m1/s1. The largest absolute Gasteiger partial charge is 0.350 e. The fourth-order valence-corrected chi connectivity index (χ4v) is 4.00. The maximum absolute atomic E-state index is 12.5. The molecule has 7 heteroatoms. The highest BCUT2D eigenvalue weighted by atomic mass is 32.1. The summed E-state index contributed by atoms with van der Waals surface area (Å²) in [6.45, 7) is 0.484. The Morgan fingerprint density at radius 2 is 2.29 bits per heavy atom. The third kappa shape index (κ3) is 2.95. The number of thiazole rings is 1. The molecular formula is C17H14N4OS2. The van der Waals surface area contributed by atoms with Gasteiger partial charge >= 0.3 is 0 Å². The summed E-state index contributed by atoms with van der Waals surface area (Å²) in [6, 6.07) is 9.51. The Kier molecular flexibility index (Phi) is 4.10. The van der Waals surface area contributed by atoms with E-state index in [9.17, 15) is 4.79 Å². The molecule has 0 fully saturated rings. The zero-order chi connectivity index (χ0) is 16.4. The topological polar surface area (TPSA) is 59.8 Å². The first kappa shape index (κ1) is 15.0. The van der Waals surface area contributed by atoms with Gasteiger partial charge in [0.1, 0.15) is 0 Å². The predicted molar refractivity (Wildman–Crippen MR) is 96.6 cm³/mol. The SMILES string of the molecule is O=C(NC[C@H](c1ccsc1)n1cccn1)c1ccc2ncsc2c1. The summed E-state index contributed by atoms with van der Waals surface area (Å²) >= 11 is 3.17. The molecule has 24 heavy (non-hydrogen) atoms. The number of nitrogens with zero attached hydrogens (tertiary/aromatic N) is 3. The average Bonchev–Trinajstić information content (AvgIpc) is 3.36. The van der Waals surface area contributed by atoms with Crippen LogP contribution in [0.4, 0.5) is 0 Å². The second-order valence-electron chi connectivity index (χ2n) is 5.30. The number of nitrogens with one attached hydrogen (secondary N) is 1. The summed E-state index contributed by atoms with van der Waals surface area (Å²) < 4.78 is 2.89. The second-order valence-corrected chi connectivity index (χ2v) is 6.97. The van der Waals surface area contributed by atoms with Crippen molar-refractivity contribution in [2.75, 3.05) is 6.54 Å². The van der Waals surface area contributed by atoms with Crippen molar-refractivity contribution in [2.24, 2.45) is 0 Å². The smallest absolute Gasteiger partial charge is 0.251 e. The van der Waals surface area contributed by atoms with Crippen LogP contribution in [0.5, 0.6) is 0 Å². The Balaban J connectivity index is 1.52. The van der Waals surface area contributed by atoms with E-state index in [4.69, 9.17) is 0 Å². The van der Waals surface area contributed by atoms with E-state index in [-0.39, 0.29) is 11.9 Å². The van der Waals surface area contributed by atoms with Crippen LogP contribution in [0.15, 0.2) is 59.0 Å². The van der Waals surface area contributed by atoms with Gasteiger partial charge in [-0.3, -0.25) is 9.48 Å². The maximum Gasteiger partial charge on any atom is 0.251 e. The molecule has 5 nitrogen and oxygen atoms in total. The number of carbonyl (C=O) groups excluding carboxylic acids is 1. The van der Waals surface area contributed by atoms with Gasteiger partial charge in [0, 0.05) is 24.5 Å². The van der Waals surface area contributed by atoms with Crippen LogP contribution in [0.1, 0.15) is 22.0 Å². The lowest BCUT2D eigenvalue weighted by Gasteiger charge is -2.17. The van der Waals surface area contributed by atoms with E-state index in [1.165, 1.54) is 11.3 Å². The third-order valence-electron chi connectivity index (χ3n) is 3.82. The van der Waals surface area contributed by atoms with Gasteiger partial charge in [-0.05, 0) is 46.7 Å². The molecule has 0 spiro atoms. The van der Waals surface area contributed by atoms with Gasteiger partial charge in [-0.2, -0.15) is 16.4 Å². The van der Waals surface area contributed by atoms with E-state index < -0.39 is 0 Å². The summed E-state index contributed by atoms with van der Waals surface area (Å²) in [5, 5.41) is 11.5. The minimum atomic E-state index is -0.0855. The number of rotatable bonds is 5. The highest BCUT2D eigenvalue weighted by molar-refractivity contribution is 7.16. The third-order valence-corrected chi connectivity index (χ3v) is 5.31. The molecule has 0 bridgehead atoms. The van der Waals surface area contributed by atoms with E-state index in [0.717, 1.165) is 15.8 Å². The molecule has 4 aromatic rings. The van der Waals surface area contributed by atoms with Gasteiger partial charge in [-0.1, -0.05) is 0 Å². The maximum atomic E-state index is 12.5. The van der Waals surface area contributed by atoms with E-state index in [0.29, 0.717) is 12.1 Å². The number of benzene rings is 1. The molecule has 120 valence electrons. The van der Waals surface area contributed by atoms with Crippen molar-refractivity contribution < 1.29 is 4.79 Å². The summed E-state index contributed by atoms with van der Waals surface area (Å²) in [4.78, 5) is 16.7. The molecule has 0 aliphatic rings. The fourth-order valence-electron chi connectivity index (χ4n) is 2.58. The lowest BCUT2D eigenvalue weighted by molar-refractivity contribution is 0.0949. The number of fused-ring (bicyclic) bond motifs is 1. The van der Waals surface area contributed by atoms with Crippen LogP contribution < -0.4 is 5.32 Å². The lowest BCUT2D eigenvalue weighted by Crippen LogP contribution is -2.31. The van der Waals surface area contributed by atoms with Crippen molar-refractivity contribution in [3.8, 4) is 0 Å². The van der Waals surface area contributed by atoms with Crippen molar-refractivity contribution in [1.82, 2.24) is 20.1 Å². The monoisotopic (exact) mass is 354 g/mol. The molecule has 3 aromatic heterocycles. The van der Waals surface area contributed by atoms with Gasteiger partial charge in [-0.15, -0.1) is 11.3 Å². The average molecular weight is 354 g/mol. The van der Waals surface area contributed by atoms with E-state index in [1.54, 1.807) is 23.0 Å². The molecule has 1 N–H and O–H groups in total. The van der Waals surface area contributed by atoms with Crippen LogP contribution in [0.2, 0.25) is 0 Å². The van der Waals surface area contributed by atoms with Crippen LogP contribution in [0.25, 0.3) is 10.2 Å². The Bertz CT molecular complexity index is 910. The van der Waals surface area contributed by atoms with Gasteiger partial charge in [0.25, 0.3) is 5.91 Å². The first-order valence-electron chi connectivity index (χ1n) is 7.44. The Morgan fingerprint density at radius 3 is 3.08 bits per heavy atom. The number of carbonyl (C=O) groups is 1. The van der Waals surface area contributed by atoms with Crippen molar-refractivity contribution in [2.45, 2.75) is 6.04 Å². The molecule has 1 atom stereocenters. The molecule has 0 radical (unpaired) electrons. The Hall–Kier alpha value is -2.51. The summed E-state index contributed by atoms with van der Waals surface area (Å²) in [7, 11) is 0. The second kappa shape index (κ2) is 6.54. The first-order valence-corrected chi connectivity index (χ1v) is 9.26. The highest BCUT2D eigenvalue weighted by Gasteiger charge is 2.16. The Labute approximate surface area is 146 Å². The van der Waals surface area contributed by atoms with Crippen LogP contribution in [0.3, 0.4) is 0 Å². The van der Waals surface area contributed by atoms with Crippen LogP contribution >= 0.6 is 22.7 Å². The van der Waals surface area contributed by atoms with Crippen LogP contribution in [0, 0.1) is 0 Å². The number of hydrogen-bond donors (Lipinski definition) is 1. The van der Waals surface area contributed by atoms with Crippen molar-refractivity contribution in [3.63, 3.8) is 0 Å². The molecule has 0 aliphatic heterocycles. The first-order chi connectivity index (χ1) is 11.8. The summed E-state index contributed by atoms with van der Waals surface area (Å²) in [6.07, 6.45) is 3.66. The number of thiophene rings is 1. The highest BCUT2D eigenvalue weighted by Crippen LogP contribution is 2.21. The van der Waals surface area contributed by atoms with Gasteiger partial charge in [0.15, 0.2) is 0 Å². The molecule has 0 saturated heterocycles. The van der Waals surface area contributed by atoms with E-state index >= 15 is 0 Å². The molecule has 3 heterocycles.